The number of aromatic amines is 1. The largest absolute Gasteiger partial charge is 0.490 e. The number of benzene rings is 3. The van der Waals surface area contributed by atoms with Crippen LogP contribution in [0.2, 0.25) is 0 Å². The highest BCUT2D eigenvalue weighted by molar-refractivity contribution is 6.16. The second kappa shape index (κ2) is 11.8. The minimum atomic E-state index is -5.08. The maximum Gasteiger partial charge on any atom is 0.490 e. The minimum absolute atomic E-state index is 0.134. The van der Waals surface area contributed by atoms with Crippen molar-refractivity contribution in [1.29, 1.82) is 0 Å². The molecule has 4 aromatic rings. The van der Waals surface area contributed by atoms with Gasteiger partial charge in [-0.2, -0.15) is 18.7 Å². The zero-order chi connectivity index (χ0) is 28.7. The summed E-state index contributed by atoms with van der Waals surface area (Å²) in [5.41, 5.74) is 4.02. The lowest BCUT2D eigenvalue weighted by molar-refractivity contribution is -0.192. The van der Waals surface area contributed by atoms with Gasteiger partial charge >= 0.3 is 18.2 Å². The van der Waals surface area contributed by atoms with Crippen LogP contribution in [0.3, 0.4) is 0 Å². The lowest BCUT2D eigenvalue weighted by Gasteiger charge is -2.10. The number of rotatable bonds is 6. The van der Waals surface area contributed by atoms with Crippen LogP contribution in [0.25, 0.3) is 11.0 Å². The number of hydrogen-bond acceptors (Lipinski definition) is 6. The molecule has 1 aromatic heterocycles. The number of para-hydroxylation sites is 1. The van der Waals surface area contributed by atoms with Gasteiger partial charge in [0.15, 0.2) is 11.5 Å². The summed E-state index contributed by atoms with van der Waals surface area (Å²) in [5, 5.41) is 16.2. The molecule has 0 aliphatic rings. The third-order valence-electron chi connectivity index (χ3n) is 5.00. The molecule has 0 atom stereocenters. The molecule has 1 heterocycles. The molecule has 0 unspecified atom stereocenters. The third-order valence-corrected chi connectivity index (χ3v) is 5.00. The molecule has 202 valence electrons. The Morgan fingerprint density at radius 3 is 2.10 bits per heavy atom. The predicted octanol–water partition coefficient (Wildman–Crippen LogP) is 4.27. The van der Waals surface area contributed by atoms with Gasteiger partial charge in [-0.25, -0.2) is 14.6 Å². The van der Waals surface area contributed by atoms with Crippen LogP contribution in [0, 0.1) is 0 Å². The lowest BCUT2D eigenvalue weighted by Crippen LogP contribution is -2.28. The van der Waals surface area contributed by atoms with Crippen LogP contribution in [-0.2, 0) is 4.79 Å². The highest BCUT2D eigenvalue weighted by atomic mass is 19.4. The fourth-order valence-electron chi connectivity index (χ4n) is 3.07. The molecule has 0 radical (unpaired) electrons. The monoisotopic (exact) mass is 544 g/mol. The summed E-state index contributed by atoms with van der Waals surface area (Å²) in [5.74, 6) is -3.11. The number of imidazole rings is 1. The van der Waals surface area contributed by atoms with Gasteiger partial charge in [0.1, 0.15) is 0 Å². The van der Waals surface area contributed by atoms with Gasteiger partial charge in [0, 0.05) is 18.2 Å². The summed E-state index contributed by atoms with van der Waals surface area (Å²) < 4.78 is 31.7. The first-order chi connectivity index (χ1) is 18.4. The Hall–Kier alpha value is -5.40. The van der Waals surface area contributed by atoms with E-state index >= 15 is 0 Å². The van der Waals surface area contributed by atoms with Crippen LogP contribution in [0.15, 0.2) is 72.8 Å². The van der Waals surface area contributed by atoms with Crippen LogP contribution in [0.1, 0.15) is 26.3 Å². The first-order valence-corrected chi connectivity index (χ1v) is 10.8. The van der Waals surface area contributed by atoms with Gasteiger partial charge in [0.2, 0.25) is 5.95 Å². The smallest absolute Gasteiger partial charge is 0.475 e. The number of amides is 2. The molecule has 0 saturated heterocycles. The summed E-state index contributed by atoms with van der Waals surface area (Å²) in [6, 6.07) is 19.9. The Morgan fingerprint density at radius 2 is 1.51 bits per heavy atom. The molecule has 0 bridgehead atoms. The molecular formula is C25H19F3N4O7. The van der Waals surface area contributed by atoms with Gasteiger partial charge in [0.05, 0.1) is 16.6 Å². The van der Waals surface area contributed by atoms with E-state index in [0.29, 0.717) is 22.3 Å². The molecule has 0 saturated carbocycles. The van der Waals surface area contributed by atoms with E-state index in [1.807, 2.05) is 6.07 Å². The van der Waals surface area contributed by atoms with Gasteiger partial charge in [0.25, 0.3) is 5.91 Å². The quantitative estimate of drug-likeness (QED) is 0.207. The molecule has 0 aliphatic carbocycles. The van der Waals surface area contributed by atoms with Crippen molar-refractivity contribution in [3.8, 4) is 5.75 Å². The number of halogens is 3. The number of carboxylic acid groups (broad SMARTS) is 2. The lowest BCUT2D eigenvalue weighted by atomic mass is 9.98. The van der Waals surface area contributed by atoms with Gasteiger partial charge in [-0.1, -0.05) is 36.4 Å². The second-order valence-electron chi connectivity index (χ2n) is 7.66. The van der Waals surface area contributed by atoms with Gasteiger partial charge in [-0.05, 0) is 36.4 Å². The van der Waals surface area contributed by atoms with Gasteiger partial charge in [-0.3, -0.25) is 14.5 Å². The fraction of sp³-hybridized carbons (Fsp3) is 0.0800. The summed E-state index contributed by atoms with van der Waals surface area (Å²) in [4.78, 5) is 59.2. The molecule has 4 N–H and O–H groups in total. The van der Waals surface area contributed by atoms with Crippen molar-refractivity contribution in [3.05, 3.63) is 89.5 Å². The third kappa shape index (κ3) is 7.09. The van der Waals surface area contributed by atoms with E-state index in [2.05, 4.69) is 15.4 Å². The number of alkyl halides is 3. The molecule has 0 spiro atoms. The Balaban J connectivity index is 0.000000532. The molecular weight excluding hydrogens is 525 g/mol. The standard InChI is InChI=1S/C23H18N4O5.C2HF3O2/c1-27(23(30)31)22-24-18-12-11-14(13-19(18)25-22)20(28)16-9-5-6-10-17(16)21(29)26-32-15-7-3-2-4-8-15;3-2(4,5)1(6)7/h2-13H,1H3,(H,24,25)(H,26,29)(H,30,31);(H,6,7). The van der Waals surface area contributed by atoms with E-state index in [0.717, 1.165) is 4.90 Å². The van der Waals surface area contributed by atoms with Crippen molar-refractivity contribution in [3.63, 3.8) is 0 Å². The number of ketones is 1. The predicted molar refractivity (Wildman–Crippen MR) is 131 cm³/mol. The van der Waals surface area contributed by atoms with E-state index in [4.69, 9.17) is 19.8 Å². The average molecular weight is 544 g/mol. The molecule has 4 rings (SSSR count). The zero-order valence-corrected chi connectivity index (χ0v) is 19.9. The van der Waals surface area contributed by atoms with Crippen LogP contribution in [0.4, 0.5) is 23.9 Å². The number of nitrogens with one attached hydrogen (secondary N) is 2. The summed E-state index contributed by atoms with van der Waals surface area (Å²) in [7, 11) is 1.36. The topological polar surface area (TPSA) is 162 Å². The Bertz CT molecular complexity index is 1520. The maximum absolute atomic E-state index is 13.2. The van der Waals surface area contributed by atoms with Crippen molar-refractivity contribution >= 4 is 40.7 Å². The van der Waals surface area contributed by atoms with Crippen molar-refractivity contribution in [1.82, 2.24) is 15.4 Å². The van der Waals surface area contributed by atoms with E-state index in [1.165, 1.54) is 13.1 Å². The number of carboxylic acids is 1. The zero-order valence-electron chi connectivity index (χ0n) is 19.9. The van der Waals surface area contributed by atoms with Crippen molar-refractivity contribution in [2.45, 2.75) is 6.18 Å². The van der Waals surface area contributed by atoms with Crippen LogP contribution in [0.5, 0.6) is 5.75 Å². The number of carbonyl (C=O) groups is 4. The number of hydrogen-bond donors (Lipinski definition) is 4. The van der Waals surface area contributed by atoms with Crippen molar-refractivity contribution in [2.24, 2.45) is 0 Å². The fourth-order valence-corrected chi connectivity index (χ4v) is 3.07. The van der Waals surface area contributed by atoms with Crippen molar-refractivity contribution < 1.29 is 47.4 Å². The van der Waals surface area contributed by atoms with E-state index in [-0.39, 0.29) is 22.9 Å². The average Bonchev–Trinajstić information content (AvgIpc) is 3.34. The number of aliphatic carboxylic acids is 1. The number of nitrogens with zero attached hydrogens (tertiary/aromatic N) is 2. The summed E-state index contributed by atoms with van der Waals surface area (Å²) >= 11 is 0. The molecule has 39 heavy (non-hydrogen) atoms. The second-order valence-corrected chi connectivity index (χ2v) is 7.66. The number of aromatic nitrogens is 2. The number of carbonyl (C=O) groups excluding carboxylic acids is 2. The maximum atomic E-state index is 13.2. The number of anilines is 1. The first-order valence-electron chi connectivity index (χ1n) is 10.8. The number of hydroxylamine groups is 1. The van der Waals surface area contributed by atoms with Crippen LogP contribution >= 0.6 is 0 Å². The molecule has 2 amide bonds. The molecule has 0 fully saturated rings. The van der Waals surface area contributed by atoms with E-state index < -0.39 is 24.1 Å². The van der Waals surface area contributed by atoms with E-state index in [9.17, 15) is 27.6 Å². The Kier molecular flexibility index (Phi) is 8.50. The molecule has 3 aromatic carbocycles. The minimum Gasteiger partial charge on any atom is -0.475 e. The molecule has 14 heteroatoms. The SMILES string of the molecule is CN(C(=O)O)c1nc2ccc(C(=O)c3ccccc3C(=O)NOc3ccccc3)cc2[nH]1.O=C(O)C(F)(F)F. The van der Waals surface area contributed by atoms with Crippen molar-refractivity contribution in [2.75, 3.05) is 11.9 Å². The Labute approximate surface area is 217 Å². The van der Waals surface area contributed by atoms with Gasteiger partial charge < -0.3 is 20.0 Å². The van der Waals surface area contributed by atoms with E-state index in [1.54, 1.807) is 60.7 Å². The molecule has 0 aliphatic heterocycles. The van der Waals surface area contributed by atoms with Crippen LogP contribution in [-0.4, -0.2) is 57.2 Å². The first kappa shape index (κ1) is 28.2. The number of H-pyrrole nitrogens is 1. The highest BCUT2D eigenvalue weighted by Crippen LogP contribution is 2.21. The number of fused-ring (bicyclic) bond motifs is 1. The van der Waals surface area contributed by atoms with Crippen LogP contribution < -0.4 is 15.2 Å². The Morgan fingerprint density at radius 1 is 0.923 bits per heavy atom. The summed E-state index contributed by atoms with van der Waals surface area (Å²) in [6.45, 7) is 0. The highest BCUT2D eigenvalue weighted by Gasteiger charge is 2.38. The summed E-state index contributed by atoms with van der Waals surface area (Å²) in [6.07, 6.45) is -6.25. The normalized spacial score (nSPS) is 10.7. The molecule has 11 nitrogen and oxygen atoms in total. The van der Waals surface area contributed by atoms with Gasteiger partial charge in [-0.15, -0.1) is 0 Å².